The number of hydrogen-bond donors (Lipinski definition) is 1. The zero-order valence-corrected chi connectivity index (χ0v) is 12.8. The van der Waals surface area contributed by atoms with E-state index in [-0.39, 0.29) is 6.04 Å². The molecule has 0 amide bonds. The maximum absolute atomic E-state index is 5.78. The van der Waals surface area contributed by atoms with Gasteiger partial charge in [0.1, 0.15) is 5.75 Å². The molecule has 0 aliphatic heterocycles. The first-order valence-electron chi connectivity index (χ1n) is 5.34. The first-order valence-corrected chi connectivity index (χ1v) is 6.93. The van der Waals surface area contributed by atoms with Crippen molar-refractivity contribution in [1.29, 1.82) is 0 Å². The minimum absolute atomic E-state index is 0.141. The Bertz CT molecular complexity index is 401. The second kappa shape index (κ2) is 7.05. The Kier molecular flexibility index (Phi) is 6.04. The number of ether oxygens (including phenoxy) is 1. The number of nitrogens with two attached hydrogens (primary N) is 1. The van der Waals surface area contributed by atoms with Crippen LogP contribution >= 0.6 is 31.9 Å². The van der Waals surface area contributed by atoms with Crippen molar-refractivity contribution in [3.63, 3.8) is 0 Å². The Morgan fingerprint density at radius 2 is 2.00 bits per heavy atom. The van der Waals surface area contributed by atoms with E-state index in [1.54, 1.807) is 0 Å². The minimum Gasteiger partial charge on any atom is -0.490 e. The quantitative estimate of drug-likeness (QED) is 0.644. The summed E-state index contributed by atoms with van der Waals surface area (Å²) in [4.78, 5) is 0. The Hall–Kier alpha value is -0.500. The van der Waals surface area contributed by atoms with Gasteiger partial charge in [0, 0.05) is 12.5 Å². The topological polar surface area (TPSA) is 35.2 Å². The van der Waals surface area contributed by atoms with Gasteiger partial charge in [0.2, 0.25) is 0 Å². The van der Waals surface area contributed by atoms with E-state index in [0.29, 0.717) is 13.0 Å². The molecule has 0 aromatic heterocycles. The highest BCUT2D eigenvalue weighted by Gasteiger charge is 2.09. The standard InChI is InChI=1S/C13H15Br2NO/c1-3-4-5-17-13-11(14)7-10(6-9(2)16)8-12(13)15/h1,7-9H,4-6,16H2,2H3. The number of hydrogen-bond acceptors (Lipinski definition) is 2. The molecule has 0 saturated heterocycles. The molecule has 0 spiro atoms. The third-order valence-electron chi connectivity index (χ3n) is 2.11. The summed E-state index contributed by atoms with van der Waals surface area (Å²) in [6.45, 7) is 2.50. The fourth-order valence-electron chi connectivity index (χ4n) is 1.45. The molecule has 0 radical (unpaired) electrons. The molecule has 1 rings (SSSR count). The summed E-state index contributed by atoms with van der Waals surface area (Å²) >= 11 is 6.99. The molecule has 0 saturated carbocycles. The van der Waals surface area contributed by atoms with Crippen LogP contribution in [0.25, 0.3) is 0 Å². The molecular formula is C13H15Br2NO. The van der Waals surface area contributed by atoms with Crippen molar-refractivity contribution in [3.8, 4) is 18.1 Å². The molecule has 1 unspecified atom stereocenters. The molecule has 1 aromatic carbocycles. The Morgan fingerprint density at radius 3 is 2.47 bits per heavy atom. The summed E-state index contributed by atoms with van der Waals surface area (Å²) in [6, 6.07) is 4.19. The van der Waals surface area contributed by atoms with Gasteiger partial charge in [-0.25, -0.2) is 0 Å². The molecule has 92 valence electrons. The molecule has 1 atom stereocenters. The van der Waals surface area contributed by atoms with Crippen LogP contribution in [0.4, 0.5) is 0 Å². The van der Waals surface area contributed by atoms with Crippen molar-refractivity contribution < 1.29 is 4.74 Å². The van der Waals surface area contributed by atoms with Gasteiger partial charge in [-0.15, -0.1) is 12.3 Å². The maximum atomic E-state index is 5.78. The fraction of sp³-hybridized carbons (Fsp3) is 0.385. The van der Waals surface area contributed by atoms with Crippen LogP contribution in [0, 0.1) is 12.3 Å². The molecule has 2 N–H and O–H groups in total. The van der Waals surface area contributed by atoms with Gasteiger partial charge in [0.15, 0.2) is 0 Å². The highest BCUT2D eigenvalue weighted by atomic mass is 79.9. The predicted molar refractivity (Wildman–Crippen MR) is 78.1 cm³/mol. The molecule has 2 nitrogen and oxygen atoms in total. The Labute approximate surface area is 119 Å². The molecule has 0 aliphatic carbocycles. The Balaban J connectivity index is 2.83. The molecule has 17 heavy (non-hydrogen) atoms. The van der Waals surface area contributed by atoms with Crippen LogP contribution in [-0.4, -0.2) is 12.6 Å². The highest BCUT2D eigenvalue weighted by molar-refractivity contribution is 9.11. The number of rotatable bonds is 5. The second-order valence-electron chi connectivity index (χ2n) is 3.87. The van der Waals surface area contributed by atoms with Crippen LogP contribution in [0.3, 0.4) is 0 Å². The van der Waals surface area contributed by atoms with E-state index in [9.17, 15) is 0 Å². The summed E-state index contributed by atoms with van der Waals surface area (Å²) in [7, 11) is 0. The molecule has 0 fully saturated rings. The lowest BCUT2D eigenvalue weighted by Crippen LogP contribution is -2.17. The van der Waals surface area contributed by atoms with Crippen molar-refractivity contribution >= 4 is 31.9 Å². The van der Waals surface area contributed by atoms with E-state index in [1.165, 1.54) is 5.56 Å². The average Bonchev–Trinajstić information content (AvgIpc) is 2.21. The SMILES string of the molecule is C#CCCOc1c(Br)cc(CC(C)N)cc1Br. The number of halogens is 2. The van der Waals surface area contributed by atoms with Crippen LogP contribution in [0.1, 0.15) is 18.9 Å². The zero-order chi connectivity index (χ0) is 12.8. The maximum Gasteiger partial charge on any atom is 0.147 e. The number of benzene rings is 1. The average molecular weight is 361 g/mol. The smallest absolute Gasteiger partial charge is 0.147 e. The normalized spacial score (nSPS) is 11.9. The largest absolute Gasteiger partial charge is 0.490 e. The predicted octanol–water partition coefficient (Wildman–Crippen LogP) is 3.50. The minimum atomic E-state index is 0.141. The lowest BCUT2D eigenvalue weighted by atomic mass is 10.1. The third-order valence-corrected chi connectivity index (χ3v) is 3.29. The van der Waals surface area contributed by atoms with Crippen molar-refractivity contribution in [2.24, 2.45) is 5.73 Å². The van der Waals surface area contributed by atoms with Gasteiger partial charge in [0.05, 0.1) is 15.6 Å². The Morgan fingerprint density at radius 1 is 1.41 bits per heavy atom. The van der Waals surface area contributed by atoms with Crippen LogP contribution < -0.4 is 10.5 Å². The van der Waals surface area contributed by atoms with Crippen molar-refractivity contribution in [2.75, 3.05) is 6.61 Å². The van der Waals surface area contributed by atoms with E-state index in [1.807, 2.05) is 19.1 Å². The van der Waals surface area contributed by atoms with Crippen LogP contribution in [0.5, 0.6) is 5.75 Å². The lowest BCUT2D eigenvalue weighted by molar-refractivity contribution is 0.323. The molecule has 0 aliphatic rings. The summed E-state index contributed by atoms with van der Waals surface area (Å²) < 4.78 is 7.43. The summed E-state index contributed by atoms with van der Waals surface area (Å²) in [5.74, 6) is 3.33. The van der Waals surface area contributed by atoms with Gasteiger partial charge >= 0.3 is 0 Å². The molecule has 0 heterocycles. The molecule has 0 bridgehead atoms. The van der Waals surface area contributed by atoms with Crippen molar-refractivity contribution in [2.45, 2.75) is 25.8 Å². The zero-order valence-electron chi connectivity index (χ0n) is 9.67. The lowest BCUT2D eigenvalue weighted by Gasteiger charge is -2.12. The number of terminal acetylenes is 1. The van der Waals surface area contributed by atoms with Crippen LogP contribution in [0.2, 0.25) is 0 Å². The second-order valence-corrected chi connectivity index (χ2v) is 5.58. The summed E-state index contributed by atoms with van der Waals surface area (Å²) in [6.07, 6.45) is 6.61. The van der Waals surface area contributed by atoms with E-state index >= 15 is 0 Å². The first-order chi connectivity index (χ1) is 8.04. The fourth-order valence-corrected chi connectivity index (χ4v) is 2.96. The molecule has 1 aromatic rings. The highest BCUT2D eigenvalue weighted by Crippen LogP contribution is 2.35. The van der Waals surface area contributed by atoms with E-state index in [2.05, 4.69) is 37.8 Å². The molecular weight excluding hydrogens is 346 g/mol. The van der Waals surface area contributed by atoms with Crippen molar-refractivity contribution in [1.82, 2.24) is 0 Å². The first kappa shape index (κ1) is 14.6. The molecule has 4 heteroatoms. The summed E-state index contributed by atoms with van der Waals surface area (Å²) in [5.41, 5.74) is 6.95. The van der Waals surface area contributed by atoms with Gasteiger partial charge < -0.3 is 10.5 Å². The van der Waals surface area contributed by atoms with E-state index in [4.69, 9.17) is 16.9 Å². The van der Waals surface area contributed by atoms with Gasteiger partial charge in [-0.2, -0.15) is 0 Å². The van der Waals surface area contributed by atoms with Gasteiger partial charge in [-0.1, -0.05) is 0 Å². The van der Waals surface area contributed by atoms with Crippen LogP contribution in [-0.2, 0) is 6.42 Å². The van der Waals surface area contributed by atoms with Gasteiger partial charge in [-0.05, 0) is 62.9 Å². The van der Waals surface area contributed by atoms with E-state index < -0.39 is 0 Å². The monoisotopic (exact) mass is 359 g/mol. The van der Waals surface area contributed by atoms with Crippen molar-refractivity contribution in [3.05, 3.63) is 26.6 Å². The summed E-state index contributed by atoms with van der Waals surface area (Å²) in [5, 5.41) is 0. The van der Waals surface area contributed by atoms with Crippen LogP contribution in [0.15, 0.2) is 21.1 Å². The van der Waals surface area contributed by atoms with Gasteiger partial charge in [-0.3, -0.25) is 0 Å². The third kappa shape index (κ3) is 4.71. The van der Waals surface area contributed by atoms with Gasteiger partial charge in [0.25, 0.3) is 0 Å². The van der Waals surface area contributed by atoms with E-state index in [0.717, 1.165) is 21.1 Å².